The van der Waals surface area contributed by atoms with Gasteiger partial charge in [-0.3, -0.25) is 9.78 Å². The first-order valence-electron chi connectivity index (χ1n) is 9.38. The summed E-state index contributed by atoms with van der Waals surface area (Å²) in [4.78, 5) is 23.5. The summed E-state index contributed by atoms with van der Waals surface area (Å²) in [6, 6.07) is 13.6. The number of halogens is 1. The molecule has 0 saturated heterocycles. The summed E-state index contributed by atoms with van der Waals surface area (Å²) in [7, 11) is 0. The average molecular weight is 422 g/mol. The molecule has 6 nitrogen and oxygen atoms in total. The van der Waals surface area contributed by atoms with Crippen LogP contribution in [-0.4, -0.2) is 21.5 Å². The third-order valence-corrected chi connectivity index (χ3v) is 5.16. The zero-order valence-electron chi connectivity index (χ0n) is 16.0. The van der Waals surface area contributed by atoms with Crippen LogP contribution in [0.4, 0.5) is 10.3 Å². The number of benzene rings is 2. The van der Waals surface area contributed by atoms with Gasteiger partial charge in [0.2, 0.25) is 5.95 Å². The van der Waals surface area contributed by atoms with Crippen molar-refractivity contribution in [1.29, 1.82) is 0 Å². The van der Waals surface area contributed by atoms with Gasteiger partial charge in [-0.1, -0.05) is 12.1 Å². The number of hydrogen-bond donors (Lipinski definition) is 2. The molecule has 0 atom stereocenters. The van der Waals surface area contributed by atoms with Crippen molar-refractivity contribution in [2.75, 3.05) is 11.9 Å². The van der Waals surface area contributed by atoms with Gasteiger partial charge in [-0.25, -0.2) is 14.4 Å². The Kier molecular flexibility index (Phi) is 6.14. The number of ether oxygens (including phenoxy) is 1. The molecule has 2 aromatic heterocycles. The fourth-order valence-electron chi connectivity index (χ4n) is 2.83. The van der Waals surface area contributed by atoms with Gasteiger partial charge >= 0.3 is 0 Å². The molecule has 152 valence electrons. The molecule has 0 aliphatic heterocycles. The third kappa shape index (κ3) is 5.30. The first-order valence-corrected chi connectivity index (χ1v) is 10.3. The normalized spacial score (nSPS) is 10.7. The Morgan fingerprint density at radius 1 is 1.03 bits per heavy atom. The molecule has 30 heavy (non-hydrogen) atoms. The van der Waals surface area contributed by atoms with Crippen LogP contribution in [-0.2, 0) is 12.8 Å². The number of hydrogen-bond acceptors (Lipinski definition) is 6. The SMILES string of the molecule is O=c1[nH]c(NCCc2ccc(Oc3ccc(F)cc3)cc2)ncc1Cc1nccs1. The molecule has 0 aliphatic carbocycles. The maximum absolute atomic E-state index is 12.9. The fourth-order valence-corrected chi connectivity index (χ4v) is 3.47. The molecule has 4 rings (SSSR count). The topological polar surface area (TPSA) is 79.9 Å². The smallest absolute Gasteiger partial charge is 0.255 e. The van der Waals surface area contributed by atoms with Crippen molar-refractivity contribution in [3.63, 3.8) is 0 Å². The van der Waals surface area contributed by atoms with Gasteiger partial charge in [-0.05, 0) is 48.4 Å². The molecule has 0 unspecified atom stereocenters. The van der Waals surface area contributed by atoms with Crippen molar-refractivity contribution in [2.45, 2.75) is 12.8 Å². The summed E-state index contributed by atoms with van der Waals surface area (Å²) in [5.41, 5.74) is 1.54. The van der Waals surface area contributed by atoms with Crippen molar-refractivity contribution >= 4 is 17.3 Å². The fraction of sp³-hybridized carbons (Fsp3) is 0.136. The van der Waals surface area contributed by atoms with E-state index in [0.717, 1.165) is 17.0 Å². The maximum atomic E-state index is 12.9. The van der Waals surface area contributed by atoms with Gasteiger partial charge in [0.25, 0.3) is 5.56 Å². The number of aromatic amines is 1. The number of H-pyrrole nitrogens is 1. The predicted octanol–water partition coefficient (Wildman–Crippen LogP) is 4.40. The van der Waals surface area contributed by atoms with Crippen molar-refractivity contribution in [1.82, 2.24) is 15.0 Å². The number of aromatic nitrogens is 3. The first kappa shape index (κ1) is 19.8. The van der Waals surface area contributed by atoms with Crippen LogP contribution in [0.2, 0.25) is 0 Å². The van der Waals surface area contributed by atoms with E-state index in [1.165, 1.54) is 23.5 Å². The Morgan fingerprint density at radius 2 is 1.77 bits per heavy atom. The third-order valence-electron chi connectivity index (χ3n) is 4.38. The second-order valence-electron chi connectivity index (χ2n) is 6.57. The Labute approximate surface area is 176 Å². The van der Waals surface area contributed by atoms with Crippen LogP contribution < -0.4 is 15.6 Å². The minimum absolute atomic E-state index is 0.162. The van der Waals surface area contributed by atoms with Crippen LogP contribution >= 0.6 is 11.3 Å². The van der Waals surface area contributed by atoms with Crippen molar-refractivity contribution in [3.8, 4) is 11.5 Å². The molecule has 0 spiro atoms. The molecule has 0 amide bonds. The van der Waals surface area contributed by atoms with Gasteiger partial charge in [-0.2, -0.15) is 0 Å². The van der Waals surface area contributed by atoms with Gasteiger partial charge in [0.05, 0.1) is 5.01 Å². The molecule has 0 aliphatic rings. The van der Waals surface area contributed by atoms with Gasteiger partial charge in [-0.15, -0.1) is 11.3 Å². The van der Waals surface area contributed by atoms with E-state index < -0.39 is 0 Å². The van der Waals surface area contributed by atoms with Gasteiger partial charge in [0.1, 0.15) is 17.3 Å². The summed E-state index contributed by atoms with van der Waals surface area (Å²) < 4.78 is 18.6. The largest absolute Gasteiger partial charge is 0.457 e. The highest BCUT2D eigenvalue weighted by molar-refractivity contribution is 7.09. The zero-order chi connectivity index (χ0) is 20.8. The number of nitrogens with one attached hydrogen (secondary N) is 2. The van der Waals surface area contributed by atoms with Crippen LogP contribution in [0.3, 0.4) is 0 Å². The van der Waals surface area contributed by atoms with Crippen LogP contribution in [0.25, 0.3) is 0 Å². The lowest BCUT2D eigenvalue weighted by Crippen LogP contribution is -2.18. The van der Waals surface area contributed by atoms with Gasteiger partial charge in [0.15, 0.2) is 0 Å². The summed E-state index contributed by atoms with van der Waals surface area (Å²) in [5.74, 6) is 1.41. The van der Waals surface area contributed by atoms with E-state index in [4.69, 9.17) is 4.74 Å². The second kappa shape index (κ2) is 9.32. The molecular weight excluding hydrogens is 403 g/mol. The summed E-state index contributed by atoms with van der Waals surface area (Å²) in [6.45, 7) is 0.618. The Morgan fingerprint density at radius 3 is 2.43 bits per heavy atom. The number of nitrogens with zero attached hydrogens (tertiary/aromatic N) is 2. The molecular formula is C22H19FN4O2S. The number of rotatable bonds is 8. The molecule has 2 heterocycles. The second-order valence-corrected chi connectivity index (χ2v) is 7.54. The minimum Gasteiger partial charge on any atom is -0.457 e. The van der Waals surface area contributed by atoms with Crippen LogP contribution in [0.15, 0.2) is 71.1 Å². The molecule has 0 bridgehead atoms. The van der Waals surface area contributed by atoms with Gasteiger partial charge in [0, 0.05) is 36.3 Å². The molecule has 0 saturated carbocycles. The van der Waals surface area contributed by atoms with E-state index in [1.807, 2.05) is 29.6 Å². The zero-order valence-corrected chi connectivity index (χ0v) is 16.8. The molecule has 4 aromatic rings. The van der Waals surface area contributed by atoms with Crippen LogP contribution in [0.5, 0.6) is 11.5 Å². The summed E-state index contributed by atoms with van der Waals surface area (Å²) in [6.07, 6.45) is 4.54. The van der Waals surface area contributed by atoms with E-state index in [-0.39, 0.29) is 11.4 Å². The lowest BCUT2D eigenvalue weighted by molar-refractivity contribution is 0.480. The van der Waals surface area contributed by atoms with E-state index in [1.54, 1.807) is 24.5 Å². The van der Waals surface area contributed by atoms with Gasteiger partial charge < -0.3 is 10.1 Å². The van der Waals surface area contributed by atoms with Crippen LogP contribution in [0.1, 0.15) is 16.1 Å². The highest BCUT2D eigenvalue weighted by Gasteiger charge is 2.06. The van der Waals surface area contributed by atoms with Crippen molar-refractivity contribution in [2.24, 2.45) is 0 Å². The summed E-state index contributed by atoms with van der Waals surface area (Å²) >= 11 is 1.51. The van der Waals surface area contributed by atoms with Crippen LogP contribution in [0, 0.1) is 5.82 Å². The standard InChI is InChI=1S/C22H19FN4O2S/c23-17-3-7-19(8-4-17)29-18-5-1-15(2-6-18)9-10-25-22-26-14-16(21(28)27-22)13-20-24-11-12-30-20/h1-8,11-12,14H,9-10,13H2,(H2,25,26,27,28). The monoisotopic (exact) mass is 422 g/mol. The molecule has 2 N–H and O–H groups in total. The molecule has 8 heteroatoms. The highest BCUT2D eigenvalue weighted by atomic mass is 32.1. The van der Waals surface area contributed by atoms with Crippen molar-refractivity contribution < 1.29 is 9.13 Å². The maximum Gasteiger partial charge on any atom is 0.255 e. The number of thiazole rings is 1. The molecule has 0 radical (unpaired) electrons. The van der Waals surface area contributed by atoms with Crippen molar-refractivity contribution in [3.05, 3.63) is 98.6 Å². The quantitative estimate of drug-likeness (QED) is 0.440. The number of anilines is 1. The predicted molar refractivity (Wildman–Crippen MR) is 115 cm³/mol. The Bertz CT molecular complexity index is 1140. The molecule has 0 fully saturated rings. The average Bonchev–Trinajstić information content (AvgIpc) is 3.26. The molecule has 2 aromatic carbocycles. The Hall–Kier alpha value is -3.52. The highest BCUT2D eigenvalue weighted by Crippen LogP contribution is 2.22. The summed E-state index contributed by atoms with van der Waals surface area (Å²) in [5, 5.41) is 5.90. The van der Waals surface area contributed by atoms with E-state index in [0.29, 0.717) is 36.0 Å². The Balaban J connectivity index is 1.28. The minimum atomic E-state index is -0.296. The van der Waals surface area contributed by atoms with E-state index in [9.17, 15) is 9.18 Å². The lowest BCUT2D eigenvalue weighted by atomic mass is 10.1. The lowest BCUT2D eigenvalue weighted by Gasteiger charge is -2.08. The van der Waals surface area contributed by atoms with E-state index in [2.05, 4.69) is 20.3 Å². The van der Waals surface area contributed by atoms with E-state index >= 15 is 0 Å². The first-order chi connectivity index (χ1) is 14.7.